The Morgan fingerprint density at radius 3 is 2.96 bits per heavy atom. The first-order valence-electron chi connectivity index (χ1n) is 7.33. The summed E-state index contributed by atoms with van der Waals surface area (Å²) in [7, 11) is 0. The van der Waals surface area contributed by atoms with E-state index in [-0.39, 0.29) is 11.4 Å². The molecular weight excluding hydrogens is 380 g/mol. The fourth-order valence-corrected chi connectivity index (χ4v) is 3.45. The summed E-state index contributed by atoms with van der Waals surface area (Å²) in [6, 6.07) is 3.45. The van der Waals surface area contributed by atoms with Gasteiger partial charge in [0, 0.05) is 0 Å². The van der Waals surface area contributed by atoms with Crippen molar-refractivity contribution in [2.45, 2.75) is 32.6 Å². The number of carbonyl (C=O) groups excluding carboxylic acids is 1. The number of nitrogens with one attached hydrogen (secondary N) is 1. The van der Waals surface area contributed by atoms with Gasteiger partial charge in [-0.3, -0.25) is 10.2 Å². The molecule has 8 heteroatoms. The summed E-state index contributed by atoms with van der Waals surface area (Å²) in [5.74, 6) is 0.0828. The second-order valence-electron chi connectivity index (χ2n) is 5.11. The number of amides is 1. The van der Waals surface area contributed by atoms with Gasteiger partial charge in [-0.15, -0.1) is 0 Å². The number of amidine groups is 2. The number of hydrazone groups is 1. The molecule has 6 nitrogen and oxygen atoms in total. The molecular formula is C15H15BrN4O2S. The fraction of sp³-hybridized carbons (Fsp3) is 0.333. The average Bonchev–Trinajstić information content (AvgIpc) is 3.10. The largest absolute Gasteiger partial charge is 0.450 e. The van der Waals surface area contributed by atoms with Gasteiger partial charge in [-0.25, -0.2) is 0 Å². The number of nitrogens with zero attached hydrogens (tertiary/aromatic N) is 3. The number of unbranched alkanes of at least 4 members (excludes halogenated alkanes) is 2. The monoisotopic (exact) mass is 394 g/mol. The highest BCUT2D eigenvalue weighted by Gasteiger charge is 2.35. The number of thioether (sulfide) groups is 1. The Hall–Kier alpha value is -1.67. The lowest BCUT2D eigenvalue weighted by Gasteiger charge is -2.19. The minimum Gasteiger partial charge on any atom is -0.450 e. The van der Waals surface area contributed by atoms with Crippen LogP contribution in [0.4, 0.5) is 0 Å². The zero-order valence-electron chi connectivity index (χ0n) is 12.5. The minimum absolute atomic E-state index is 0.0329. The lowest BCUT2D eigenvalue weighted by atomic mass is 10.1. The SMILES string of the molecule is CCCCCC1=NN2C(=N)C(=Cc3ccc(Br)o3)C(=O)N=C2S1. The first-order chi connectivity index (χ1) is 11.1. The first kappa shape index (κ1) is 16.2. The maximum absolute atomic E-state index is 12.2. The van der Waals surface area contributed by atoms with E-state index >= 15 is 0 Å². The average molecular weight is 395 g/mol. The number of rotatable bonds is 5. The lowest BCUT2D eigenvalue weighted by molar-refractivity contribution is -0.114. The van der Waals surface area contributed by atoms with Gasteiger partial charge in [-0.1, -0.05) is 19.8 Å². The highest BCUT2D eigenvalue weighted by molar-refractivity contribution is 9.10. The number of hydrogen-bond acceptors (Lipinski definition) is 5. The van der Waals surface area contributed by atoms with E-state index < -0.39 is 5.91 Å². The molecule has 0 saturated heterocycles. The second-order valence-corrected chi connectivity index (χ2v) is 6.93. The van der Waals surface area contributed by atoms with Gasteiger partial charge in [0.2, 0.25) is 5.17 Å². The number of fused-ring (bicyclic) bond motifs is 1. The van der Waals surface area contributed by atoms with E-state index in [1.54, 1.807) is 12.1 Å². The summed E-state index contributed by atoms with van der Waals surface area (Å²) < 4.78 is 5.93. The van der Waals surface area contributed by atoms with Gasteiger partial charge in [0.25, 0.3) is 5.91 Å². The smallest absolute Gasteiger partial charge is 0.283 e. The normalized spacial score (nSPS) is 19.2. The van der Waals surface area contributed by atoms with Gasteiger partial charge in [0.1, 0.15) is 10.8 Å². The third-order valence-corrected chi connectivity index (χ3v) is 4.77. The predicted molar refractivity (Wildman–Crippen MR) is 95.6 cm³/mol. The Bertz CT molecular complexity index is 750. The van der Waals surface area contributed by atoms with Crippen LogP contribution in [-0.4, -0.2) is 27.0 Å². The zero-order valence-corrected chi connectivity index (χ0v) is 14.9. The molecule has 2 aliphatic heterocycles. The summed E-state index contributed by atoms with van der Waals surface area (Å²) in [6.45, 7) is 2.15. The van der Waals surface area contributed by atoms with Crippen LogP contribution >= 0.6 is 27.7 Å². The van der Waals surface area contributed by atoms with E-state index in [0.717, 1.165) is 30.7 Å². The highest BCUT2D eigenvalue weighted by atomic mass is 79.9. The fourth-order valence-electron chi connectivity index (χ4n) is 2.21. The Labute approximate surface area is 146 Å². The Morgan fingerprint density at radius 2 is 2.26 bits per heavy atom. The number of hydrogen-bond donors (Lipinski definition) is 1. The zero-order chi connectivity index (χ0) is 16.4. The summed E-state index contributed by atoms with van der Waals surface area (Å²) in [5, 5.41) is 15.5. The molecule has 0 unspecified atom stereocenters. The molecule has 0 saturated carbocycles. The molecule has 1 amide bonds. The van der Waals surface area contributed by atoms with Crippen LogP contribution in [0, 0.1) is 5.41 Å². The van der Waals surface area contributed by atoms with Crippen LogP contribution in [0.2, 0.25) is 0 Å². The molecule has 120 valence electrons. The van der Waals surface area contributed by atoms with Crippen LogP contribution in [0.5, 0.6) is 0 Å². The molecule has 1 aromatic rings. The molecule has 0 fully saturated rings. The number of halogens is 1. The number of aliphatic imine (C=N–C) groups is 1. The van der Waals surface area contributed by atoms with E-state index in [1.807, 2.05) is 0 Å². The van der Waals surface area contributed by atoms with Gasteiger partial charge in [0.15, 0.2) is 10.5 Å². The minimum atomic E-state index is -0.439. The second kappa shape index (κ2) is 6.84. The summed E-state index contributed by atoms with van der Waals surface area (Å²) in [5.41, 5.74) is 0.176. The number of carbonyl (C=O) groups is 1. The molecule has 3 heterocycles. The van der Waals surface area contributed by atoms with Gasteiger partial charge in [-0.05, 0) is 58.7 Å². The quantitative estimate of drug-likeness (QED) is 0.597. The molecule has 3 rings (SSSR count). The molecule has 1 N–H and O–H groups in total. The molecule has 23 heavy (non-hydrogen) atoms. The third kappa shape index (κ3) is 3.48. The molecule has 1 aromatic heterocycles. The van der Waals surface area contributed by atoms with Crippen molar-refractivity contribution in [3.63, 3.8) is 0 Å². The molecule has 0 aromatic carbocycles. The van der Waals surface area contributed by atoms with Crippen LogP contribution in [0.25, 0.3) is 6.08 Å². The van der Waals surface area contributed by atoms with E-state index in [9.17, 15) is 4.79 Å². The van der Waals surface area contributed by atoms with E-state index in [1.165, 1.54) is 22.8 Å². The van der Waals surface area contributed by atoms with Gasteiger partial charge in [-0.2, -0.15) is 15.1 Å². The summed E-state index contributed by atoms with van der Waals surface area (Å²) >= 11 is 4.58. The lowest BCUT2D eigenvalue weighted by Crippen LogP contribution is -2.35. The van der Waals surface area contributed by atoms with Crippen LogP contribution in [0.3, 0.4) is 0 Å². The molecule has 0 spiro atoms. The summed E-state index contributed by atoms with van der Waals surface area (Å²) in [6.07, 6.45) is 5.70. The summed E-state index contributed by atoms with van der Waals surface area (Å²) in [4.78, 5) is 16.2. The van der Waals surface area contributed by atoms with Crippen molar-refractivity contribution in [3.8, 4) is 0 Å². The van der Waals surface area contributed by atoms with Crippen molar-refractivity contribution in [3.05, 3.63) is 28.1 Å². The molecule has 0 bridgehead atoms. The highest BCUT2D eigenvalue weighted by Crippen LogP contribution is 2.30. The first-order valence-corrected chi connectivity index (χ1v) is 8.94. The van der Waals surface area contributed by atoms with E-state index in [2.05, 4.69) is 32.9 Å². The van der Waals surface area contributed by atoms with Crippen molar-refractivity contribution in [1.82, 2.24) is 5.01 Å². The van der Waals surface area contributed by atoms with Crippen LogP contribution < -0.4 is 0 Å². The van der Waals surface area contributed by atoms with Crippen LogP contribution in [0.15, 0.2) is 36.9 Å². The topological polar surface area (TPSA) is 82.0 Å². The molecule has 2 aliphatic rings. The number of furan rings is 1. The Morgan fingerprint density at radius 1 is 1.43 bits per heavy atom. The molecule has 0 radical (unpaired) electrons. The van der Waals surface area contributed by atoms with Crippen molar-refractivity contribution in [1.29, 1.82) is 5.41 Å². The van der Waals surface area contributed by atoms with Crippen molar-refractivity contribution in [2.75, 3.05) is 0 Å². The Balaban J connectivity index is 1.82. The van der Waals surface area contributed by atoms with Crippen molar-refractivity contribution < 1.29 is 9.21 Å². The standard InChI is InChI=1S/C15H15BrN4O2S/c1-2-3-4-5-12-19-20-13(17)10(14(21)18-15(20)23-12)8-9-6-7-11(16)22-9/h6-8,17H,2-5H2,1H3. The van der Waals surface area contributed by atoms with E-state index in [0.29, 0.717) is 15.6 Å². The Kier molecular flexibility index (Phi) is 4.82. The third-order valence-electron chi connectivity index (χ3n) is 3.37. The van der Waals surface area contributed by atoms with E-state index in [4.69, 9.17) is 9.83 Å². The predicted octanol–water partition coefficient (Wildman–Crippen LogP) is 4.24. The molecule has 0 aliphatic carbocycles. The molecule has 0 atom stereocenters. The van der Waals surface area contributed by atoms with Crippen LogP contribution in [0.1, 0.15) is 38.4 Å². The van der Waals surface area contributed by atoms with Gasteiger partial charge >= 0.3 is 0 Å². The van der Waals surface area contributed by atoms with Gasteiger partial charge < -0.3 is 4.42 Å². The van der Waals surface area contributed by atoms with Crippen LogP contribution in [-0.2, 0) is 4.79 Å². The maximum atomic E-state index is 12.2. The van der Waals surface area contributed by atoms with Crippen molar-refractivity contribution in [2.24, 2.45) is 10.1 Å². The van der Waals surface area contributed by atoms with Gasteiger partial charge in [0.05, 0.1) is 5.57 Å². The van der Waals surface area contributed by atoms with Crippen molar-refractivity contribution >= 4 is 55.7 Å². The maximum Gasteiger partial charge on any atom is 0.283 e.